The number of nitrogens with zero attached hydrogens (tertiary/aromatic N) is 1. The van der Waals surface area contributed by atoms with Gasteiger partial charge < -0.3 is 15.4 Å². The normalized spacial score (nSPS) is 11.3. The molecule has 0 fully saturated rings. The van der Waals surface area contributed by atoms with Crippen LogP contribution in [0.5, 0.6) is 0 Å². The molecule has 0 aliphatic heterocycles. The highest BCUT2D eigenvalue weighted by molar-refractivity contribution is 5.85. The van der Waals surface area contributed by atoms with Crippen LogP contribution in [0.15, 0.2) is 24.3 Å². The van der Waals surface area contributed by atoms with Crippen molar-refractivity contribution in [2.45, 2.75) is 19.9 Å². The molecule has 2 N–H and O–H groups in total. The number of halogens is 1. The summed E-state index contributed by atoms with van der Waals surface area (Å²) < 4.78 is 4.61. The van der Waals surface area contributed by atoms with Crippen LogP contribution in [0, 0.1) is 0 Å². The molecule has 102 valence electrons. The number of nitrogens with two attached hydrogens (primary N) is 1. The maximum absolute atomic E-state index is 11.3. The second-order valence-corrected chi connectivity index (χ2v) is 3.76. The van der Waals surface area contributed by atoms with Crippen LogP contribution in [0.3, 0.4) is 0 Å². The first-order valence-electron chi connectivity index (χ1n) is 5.82. The van der Waals surface area contributed by atoms with Gasteiger partial charge in [-0.15, -0.1) is 12.4 Å². The zero-order valence-electron chi connectivity index (χ0n) is 11.1. The summed E-state index contributed by atoms with van der Waals surface area (Å²) in [5.74, 6) is -0.416. The molecule has 4 nitrogen and oxygen atoms in total. The first kappa shape index (κ1) is 16.7. The number of anilines is 1. The molecular weight excluding hydrogens is 252 g/mol. The Morgan fingerprint density at radius 3 is 2.17 bits per heavy atom. The molecule has 0 aliphatic carbocycles. The van der Waals surface area contributed by atoms with Crippen LogP contribution >= 0.6 is 12.4 Å². The molecule has 0 heterocycles. The Balaban J connectivity index is 0.00000289. The quantitative estimate of drug-likeness (QED) is 0.835. The zero-order chi connectivity index (χ0) is 12.8. The van der Waals surface area contributed by atoms with Crippen molar-refractivity contribution in [1.29, 1.82) is 0 Å². The SMILES string of the molecule is CCN(CC)c1ccc([C@H](N)C(=O)OC)cc1.Cl. The lowest BCUT2D eigenvalue weighted by atomic mass is 10.1. The molecule has 0 amide bonds. The smallest absolute Gasteiger partial charge is 0.327 e. The van der Waals surface area contributed by atoms with Crippen LogP contribution < -0.4 is 10.6 Å². The summed E-state index contributed by atoms with van der Waals surface area (Å²) in [4.78, 5) is 13.5. The summed E-state index contributed by atoms with van der Waals surface area (Å²) in [5, 5.41) is 0. The van der Waals surface area contributed by atoms with Gasteiger partial charge in [-0.25, -0.2) is 0 Å². The zero-order valence-corrected chi connectivity index (χ0v) is 11.9. The summed E-state index contributed by atoms with van der Waals surface area (Å²) in [7, 11) is 1.34. The topological polar surface area (TPSA) is 55.6 Å². The minimum Gasteiger partial charge on any atom is -0.468 e. The Morgan fingerprint density at radius 1 is 1.28 bits per heavy atom. The van der Waals surface area contributed by atoms with Crippen molar-refractivity contribution in [3.05, 3.63) is 29.8 Å². The number of ether oxygens (including phenoxy) is 1. The van der Waals surface area contributed by atoms with E-state index in [0.29, 0.717) is 0 Å². The summed E-state index contributed by atoms with van der Waals surface area (Å²) in [6, 6.07) is 6.99. The molecule has 0 aromatic heterocycles. The second-order valence-electron chi connectivity index (χ2n) is 3.76. The summed E-state index contributed by atoms with van der Waals surface area (Å²) in [6.07, 6.45) is 0. The van der Waals surface area contributed by atoms with Crippen molar-refractivity contribution in [2.75, 3.05) is 25.1 Å². The van der Waals surface area contributed by atoms with E-state index < -0.39 is 12.0 Å². The van der Waals surface area contributed by atoms with Crippen LogP contribution in [-0.2, 0) is 9.53 Å². The Morgan fingerprint density at radius 2 is 1.78 bits per heavy atom. The van der Waals surface area contributed by atoms with Gasteiger partial charge in [-0.3, -0.25) is 4.79 Å². The average molecular weight is 273 g/mol. The van der Waals surface area contributed by atoms with E-state index >= 15 is 0 Å². The first-order chi connectivity index (χ1) is 8.13. The van der Waals surface area contributed by atoms with Gasteiger partial charge in [0, 0.05) is 18.8 Å². The number of hydrogen-bond donors (Lipinski definition) is 1. The lowest BCUT2D eigenvalue weighted by Gasteiger charge is -2.21. The number of benzene rings is 1. The molecule has 1 atom stereocenters. The molecule has 1 rings (SSSR count). The molecule has 18 heavy (non-hydrogen) atoms. The number of carbonyl (C=O) groups is 1. The fourth-order valence-electron chi connectivity index (χ4n) is 1.74. The lowest BCUT2D eigenvalue weighted by Crippen LogP contribution is -2.24. The van der Waals surface area contributed by atoms with Gasteiger partial charge in [-0.1, -0.05) is 12.1 Å². The Labute approximate surface area is 115 Å². The van der Waals surface area contributed by atoms with Gasteiger partial charge >= 0.3 is 5.97 Å². The monoisotopic (exact) mass is 272 g/mol. The summed E-state index contributed by atoms with van der Waals surface area (Å²) in [6.45, 7) is 6.13. The average Bonchev–Trinajstić information content (AvgIpc) is 2.39. The predicted molar refractivity (Wildman–Crippen MR) is 76.2 cm³/mol. The molecule has 0 spiro atoms. The van der Waals surface area contributed by atoms with Gasteiger partial charge in [-0.2, -0.15) is 0 Å². The second kappa shape index (κ2) is 7.95. The molecule has 5 heteroatoms. The largest absolute Gasteiger partial charge is 0.468 e. The van der Waals surface area contributed by atoms with Crippen LogP contribution in [0.2, 0.25) is 0 Å². The Kier molecular flexibility index (Phi) is 7.39. The maximum atomic E-state index is 11.3. The number of rotatable bonds is 5. The van der Waals surface area contributed by atoms with Crippen molar-refractivity contribution in [1.82, 2.24) is 0 Å². The van der Waals surface area contributed by atoms with E-state index in [2.05, 4.69) is 23.5 Å². The van der Waals surface area contributed by atoms with Crippen molar-refractivity contribution < 1.29 is 9.53 Å². The molecule has 0 aliphatic rings. The van der Waals surface area contributed by atoms with E-state index in [9.17, 15) is 4.79 Å². The molecule has 0 unspecified atom stereocenters. The number of hydrogen-bond acceptors (Lipinski definition) is 4. The highest BCUT2D eigenvalue weighted by atomic mass is 35.5. The first-order valence-corrected chi connectivity index (χ1v) is 5.82. The van der Waals surface area contributed by atoms with Crippen molar-refractivity contribution in [2.24, 2.45) is 5.73 Å². The van der Waals surface area contributed by atoms with Gasteiger partial charge in [0.2, 0.25) is 0 Å². The molecule has 1 aromatic carbocycles. The van der Waals surface area contributed by atoms with E-state index in [1.807, 2.05) is 24.3 Å². The third-order valence-corrected chi connectivity index (χ3v) is 2.84. The molecule has 0 saturated carbocycles. The predicted octanol–water partition coefficient (Wildman–Crippen LogP) is 2.13. The number of methoxy groups -OCH3 is 1. The minimum atomic E-state index is -0.703. The molecule has 0 saturated heterocycles. The van der Waals surface area contributed by atoms with Gasteiger partial charge in [0.05, 0.1) is 7.11 Å². The van der Waals surface area contributed by atoms with Crippen LogP contribution in [0.25, 0.3) is 0 Å². The third-order valence-electron chi connectivity index (χ3n) is 2.84. The highest BCUT2D eigenvalue weighted by Crippen LogP contribution is 2.18. The highest BCUT2D eigenvalue weighted by Gasteiger charge is 2.15. The van der Waals surface area contributed by atoms with E-state index in [0.717, 1.165) is 24.3 Å². The van der Waals surface area contributed by atoms with Crippen LogP contribution in [-0.4, -0.2) is 26.2 Å². The van der Waals surface area contributed by atoms with Crippen molar-refractivity contribution in [3.63, 3.8) is 0 Å². The van der Waals surface area contributed by atoms with Gasteiger partial charge in [0.25, 0.3) is 0 Å². The van der Waals surface area contributed by atoms with Gasteiger partial charge in [0.1, 0.15) is 6.04 Å². The maximum Gasteiger partial charge on any atom is 0.327 e. The van der Waals surface area contributed by atoms with E-state index in [4.69, 9.17) is 5.73 Å². The third kappa shape index (κ3) is 3.89. The summed E-state index contributed by atoms with van der Waals surface area (Å²) in [5.41, 5.74) is 7.66. The van der Waals surface area contributed by atoms with E-state index in [1.165, 1.54) is 7.11 Å². The molecule has 0 bridgehead atoms. The van der Waals surface area contributed by atoms with Crippen LogP contribution in [0.4, 0.5) is 5.69 Å². The van der Waals surface area contributed by atoms with Crippen molar-refractivity contribution in [3.8, 4) is 0 Å². The molecule has 1 aromatic rings. The fourth-order valence-corrected chi connectivity index (χ4v) is 1.74. The number of esters is 1. The van der Waals surface area contributed by atoms with Crippen molar-refractivity contribution >= 4 is 24.1 Å². The Hall–Kier alpha value is -1.26. The molecular formula is C13H21ClN2O2. The van der Waals surface area contributed by atoms with Gasteiger partial charge in [-0.05, 0) is 31.5 Å². The Bertz CT molecular complexity index is 364. The summed E-state index contributed by atoms with van der Waals surface area (Å²) >= 11 is 0. The standard InChI is InChI=1S/C13H20N2O2.ClH/c1-4-15(5-2)11-8-6-10(7-9-11)12(14)13(16)17-3;/h6-9,12H,4-5,14H2,1-3H3;1H/t12-;/m0./s1. The van der Waals surface area contributed by atoms with Crippen LogP contribution in [0.1, 0.15) is 25.5 Å². The lowest BCUT2D eigenvalue weighted by molar-refractivity contribution is -0.142. The van der Waals surface area contributed by atoms with Gasteiger partial charge in [0.15, 0.2) is 0 Å². The van der Waals surface area contributed by atoms with E-state index in [-0.39, 0.29) is 12.4 Å². The van der Waals surface area contributed by atoms with E-state index in [1.54, 1.807) is 0 Å². The minimum absolute atomic E-state index is 0. The fraction of sp³-hybridized carbons (Fsp3) is 0.462. The number of carbonyl (C=O) groups excluding carboxylic acids is 1. The molecule has 0 radical (unpaired) electrons.